The summed E-state index contributed by atoms with van der Waals surface area (Å²) in [6.45, 7) is 12.3. The average Bonchev–Trinajstić information content (AvgIpc) is 2.81. The van der Waals surface area contributed by atoms with Crippen molar-refractivity contribution >= 4 is 61.5 Å². The molecule has 432 valence electrons. The molecule has 0 spiro atoms. The van der Waals surface area contributed by atoms with Crippen molar-refractivity contribution in [3.05, 3.63) is 177 Å². The van der Waals surface area contributed by atoms with Crippen molar-refractivity contribution < 1.29 is 106 Å². The van der Waals surface area contributed by atoms with Crippen LogP contribution >= 0.6 is 16.5 Å². The van der Waals surface area contributed by atoms with Gasteiger partial charge in [-0.25, -0.2) is 0 Å². The minimum atomic E-state index is -3.21. The quantitative estimate of drug-likeness (QED) is 0.0569. The number of aryl methyl sites for hydroxylation is 4. The van der Waals surface area contributed by atoms with Crippen LogP contribution in [0.25, 0.3) is 21.8 Å². The maximum Gasteiger partial charge on any atom is 1.00 e. The SMILES string of the molecule is Cc1ccc(C(NC(=O)C2(c3ccc4[nH]cc(CCO[PH](=O)[O-])c4c3)CC2)c2ccc(C)o2)c(N2CCCCC2)c1.Cc1ccc(C(NC(=O)C2(c3ccc4[nH]cc(CCO[PH](=O)[O-])c4c3)CC2)c2ccc(C)o2)c(N2CCCCC2)c1.[Na+].[Na+]. The third kappa shape index (κ3) is 14.3. The van der Waals surface area contributed by atoms with Crippen LogP contribution in [0.3, 0.4) is 0 Å². The first-order valence-electron chi connectivity index (χ1n) is 29.0. The molecule has 4 atom stereocenters. The Balaban J connectivity index is 0.000000197. The van der Waals surface area contributed by atoms with Crippen LogP contribution < -0.4 is 89.3 Å². The molecule has 4 aromatic carbocycles. The second-order valence-corrected chi connectivity index (χ2v) is 24.5. The molecule has 0 radical (unpaired) electrons. The number of aromatic nitrogens is 2. The van der Waals surface area contributed by atoms with Crippen LogP contribution in [-0.4, -0.2) is 61.2 Å². The number of nitrogens with zero attached hydrogens (tertiary/aromatic N) is 2. The zero-order valence-corrected chi connectivity index (χ0v) is 55.3. The van der Waals surface area contributed by atoms with Crippen molar-refractivity contribution in [2.24, 2.45) is 0 Å². The molecule has 4 N–H and O–H groups in total. The summed E-state index contributed by atoms with van der Waals surface area (Å²) >= 11 is 0. The van der Waals surface area contributed by atoms with Crippen LogP contribution in [-0.2, 0) is 51.4 Å². The Morgan fingerprint density at radius 1 is 0.560 bits per heavy atom. The van der Waals surface area contributed by atoms with E-state index in [1.807, 2.05) is 74.8 Å². The Bertz CT molecular complexity index is 3410. The fourth-order valence-corrected chi connectivity index (χ4v) is 12.9. The molecule has 2 saturated heterocycles. The van der Waals surface area contributed by atoms with Gasteiger partial charge in [-0.2, -0.15) is 0 Å². The van der Waals surface area contributed by atoms with E-state index in [4.69, 9.17) is 17.9 Å². The van der Waals surface area contributed by atoms with E-state index in [-0.39, 0.29) is 84.1 Å². The number of benzene rings is 4. The second-order valence-electron chi connectivity index (χ2n) is 22.9. The molecule has 2 amide bonds. The fourth-order valence-electron chi connectivity index (χ4n) is 12.4. The first-order chi connectivity index (χ1) is 39.7. The Morgan fingerprint density at radius 3 is 1.30 bits per heavy atom. The summed E-state index contributed by atoms with van der Waals surface area (Å²) in [5, 5.41) is 8.80. The number of furan rings is 2. The van der Waals surface area contributed by atoms with Gasteiger partial charge in [0.05, 0.1) is 24.0 Å². The summed E-state index contributed by atoms with van der Waals surface area (Å²) in [5.74, 6) is 3.06. The molecule has 2 aliphatic heterocycles. The van der Waals surface area contributed by atoms with E-state index in [1.54, 1.807) is 0 Å². The van der Waals surface area contributed by atoms with Crippen LogP contribution in [0.5, 0.6) is 0 Å². The number of carbonyl (C=O) groups is 2. The Morgan fingerprint density at radius 2 is 0.952 bits per heavy atom. The number of hydrogen-bond donors (Lipinski definition) is 4. The number of fused-ring (bicyclic) bond motifs is 2. The van der Waals surface area contributed by atoms with E-state index in [9.17, 15) is 28.5 Å². The van der Waals surface area contributed by atoms with Gasteiger partial charge in [0.1, 0.15) is 51.6 Å². The number of anilines is 2. The molecule has 2 saturated carbocycles. The van der Waals surface area contributed by atoms with Crippen molar-refractivity contribution in [2.45, 2.75) is 128 Å². The van der Waals surface area contributed by atoms with Crippen molar-refractivity contribution in [3.63, 3.8) is 0 Å². The molecule has 20 heteroatoms. The molecule has 12 rings (SSSR count). The Kier molecular flexibility index (Phi) is 21.3. The molecule has 4 fully saturated rings. The van der Waals surface area contributed by atoms with Gasteiger partial charge in [-0.3, -0.25) is 9.59 Å². The van der Waals surface area contributed by atoms with Gasteiger partial charge in [0.2, 0.25) is 11.8 Å². The van der Waals surface area contributed by atoms with Crippen LogP contribution in [0, 0.1) is 27.7 Å². The third-order valence-corrected chi connectivity index (χ3v) is 18.1. The van der Waals surface area contributed by atoms with E-state index < -0.39 is 39.4 Å². The molecular formula is C64H74N6Na2O10P2. The summed E-state index contributed by atoms with van der Waals surface area (Å²) in [5.41, 5.74) is 11.4. The number of nitrogens with one attached hydrogen (secondary N) is 4. The largest absolute Gasteiger partial charge is 1.00 e. The molecule has 84 heavy (non-hydrogen) atoms. The molecule has 0 bridgehead atoms. The first kappa shape index (κ1) is 63.9. The molecule has 4 aromatic heterocycles. The van der Waals surface area contributed by atoms with Crippen LogP contribution in [0.4, 0.5) is 11.4 Å². The molecular weight excluding hydrogens is 1120 g/mol. The smallest absolute Gasteiger partial charge is 0.781 e. The topological polar surface area (TPSA) is 221 Å². The number of piperidine rings is 2. The molecule has 16 nitrogen and oxygen atoms in total. The summed E-state index contributed by atoms with van der Waals surface area (Å²) in [7, 11) is -6.43. The van der Waals surface area contributed by atoms with Crippen molar-refractivity contribution in [2.75, 3.05) is 49.2 Å². The van der Waals surface area contributed by atoms with Gasteiger partial charge >= 0.3 is 59.1 Å². The number of H-pyrrole nitrogens is 2. The van der Waals surface area contributed by atoms with Gasteiger partial charge in [0, 0.05) is 82.9 Å². The predicted octanol–water partition coefficient (Wildman–Crippen LogP) is 5.24. The summed E-state index contributed by atoms with van der Waals surface area (Å²) in [6, 6.07) is 32.2. The zero-order chi connectivity index (χ0) is 57.1. The van der Waals surface area contributed by atoms with Crippen molar-refractivity contribution in [1.82, 2.24) is 20.6 Å². The first-order valence-corrected chi connectivity index (χ1v) is 31.5. The predicted molar refractivity (Wildman–Crippen MR) is 317 cm³/mol. The monoisotopic (exact) mass is 1190 g/mol. The molecule has 4 aliphatic rings. The van der Waals surface area contributed by atoms with E-state index in [2.05, 4.69) is 92.8 Å². The van der Waals surface area contributed by atoms with Gasteiger partial charge < -0.3 is 67.2 Å². The number of hydrogen-bond acceptors (Lipinski definition) is 12. The van der Waals surface area contributed by atoms with E-state index in [0.717, 1.165) is 141 Å². The third-order valence-electron chi connectivity index (χ3n) is 17.2. The van der Waals surface area contributed by atoms with E-state index in [0.29, 0.717) is 12.8 Å². The summed E-state index contributed by atoms with van der Waals surface area (Å²) in [6.07, 6.45) is 14.9. The van der Waals surface area contributed by atoms with E-state index >= 15 is 0 Å². The molecule has 2 aliphatic carbocycles. The number of amides is 2. The van der Waals surface area contributed by atoms with Crippen LogP contribution in [0.1, 0.15) is 144 Å². The Hall–Kier alpha value is -4.64. The second kappa shape index (κ2) is 28.0. The maximum atomic E-state index is 14.2. The van der Waals surface area contributed by atoms with Gasteiger partial charge in [0.15, 0.2) is 0 Å². The van der Waals surface area contributed by atoms with Crippen molar-refractivity contribution in [3.8, 4) is 0 Å². The summed E-state index contributed by atoms with van der Waals surface area (Å²) < 4.78 is 43.6. The van der Waals surface area contributed by atoms with Gasteiger partial charge in [-0.1, -0.05) is 36.4 Å². The van der Waals surface area contributed by atoms with E-state index in [1.165, 1.54) is 49.7 Å². The van der Waals surface area contributed by atoms with Crippen molar-refractivity contribution in [1.29, 1.82) is 0 Å². The zero-order valence-electron chi connectivity index (χ0n) is 49.3. The van der Waals surface area contributed by atoms with Gasteiger partial charge in [-0.15, -0.1) is 0 Å². The molecule has 8 aromatic rings. The number of aromatic amines is 2. The summed E-state index contributed by atoms with van der Waals surface area (Å²) in [4.78, 5) is 61.5. The van der Waals surface area contributed by atoms with Gasteiger partial charge in [0.25, 0.3) is 0 Å². The number of carbonyl (C=O) groups excluding carboxylic acids is 2. The average molecular weight is 1200 g/mol. The minimum Gasteiger partial charge on any atom is -0.781 e. The standard InChI is InChI=1S/2C32H38N3O5P.2Na/c2*1-21-6-9-25(28(18-21)35-15-4-3-5-16-35)30(29-11-7-22(2)40-29)34-31(36)32(13-14-32)24-8-10-27-26(19-24)23(20-33-27)12-17-39-41(37)38;;/h2*6-11,18-20,30,33,41H,3-5,12-17H2,1-2H3,(H,34,36)(H,37,38);;/q;;2*+1/p-2. The minimum absolute atomic E-state index is 0. The maximum absolute atomic E-state index is 14.2. The van der Waals surface area contributed by atoms with Gasteiger partial charge in [-0.05, 0) is 199 Å². The Labute approximate surface area is 537 Å². The fraction of sp³-hybridized carbons (Fsp3) is 0.406. The number of rotatable bonds is 20. The molecule has 6 heterocycles. The molecule has 4 unspecified atom stereocenters. The van der Waals surface area contributed by atoms with Crippen LogP contribution in [0.2, 0.25) is 0 Å². The van der Waals surface area contributed by atoms with Crippen LogP contribution in [0.15, 0.2) is 118 Å². The normalized spacial score (nSPS) is 17.5.